The predicted octanol–water partition coefficient (Wildman–Crippen LogP) is 3.21. The average Bonchev–Trinajstić information content (AvgIpc) is 2.44. The van der Waals surface area contributed by atoms with Gasteiger partial charge in [0.05, 0.1) is 19.8 Å². The van der Waals surface area contributed by atoms with Crippen molar-refractivity contribution < 1.29 is 23.0 Å². The number of hydrogen-bond donors (Lipinski definition) is 0. The van der Waals surface area contributed by atoms with Crippen LogP contribution in [0.3, 0.4) is 0 Å². The van der Waals surface area contributed by atoms with E-state index in [-0.39, 0.29) is 16.9 Å². The minimum Gasteiger partial charge on any atom is -0.497 e. The third kappa shape index (κ3) is 2.77. The highest BCUT2D eigenvalue weighted by Gasteiger charge is 2.17. The summed E-state index contributed by atoms with van der Waals surface area (Å²) in [6.07, 6.45) is 0. The smallest absolute Gasteiger partial charge is 0.196 e. The van der Waals surface area contributed by atoms with Crippen LogP contribution in [0.4, 0.5) is 8.78 Å². The Morgan fingerprint density at radius 3 is 2.15 bits per heavy atom. The van der Waals surface area contributed by atoms with E-state index < -0.39 is 17.4 Å². The second-order valence-corrected chi connectivity index (χ2v) is 4.05. The lowest BCUT2D eigenvalue weighted by Gasteiger charge is -2.09. The maximum absolute atomic E-state index is 13.2. The van der Waals surface area contributed by atoms with Gasteiger partial charge in [-0.3, -0.25) is 4.79 Å². The van der Waals surface area contributed by atoms with Crippen LogP contribution >= 0.6 is 0 Å². The number of benzene rings is 2. The molecule has 3 nitrogen and oxygen atoms in total. The van der Waals surface area contributed by atoms with E-state index in [1.54, 1.807) is 6.07 Å². The maximum atomic E-state index is 13.2. The molecule has 0 unspecified atom stereocenters. The molecule has 0 aliphatic carbocycles. The van der Waals surface area contributed by atoms with Crippen molar-refractivity contribution in [1.82, 2.24) is 0 Å². The lowest BCUT2D eigenvalue weighted by Crippen LogP contribution is -2.05. The third-order valence-corrected chi connectivity index (χ3v) is 2.78. The first kappa shape index (κ1) is 14.0. The SMILES string of the molecule is COc1ccc(C(=O)c2cc(F)cc(F)c2)c(OC)c1. The van der Waals surface area contributed by atoms with Gasteiger partial charge in [-0.1, -0.05) is 0 Å². The van der Waals surface area contributed by atoms with Crippen molar-refractivity contribution in [3.8, 4) is 11.5 Å². The number of hydrogen-bond acceptors (Lipinski definition) is 3. The van der Waals surface area contributed by atoms with Gasteiger partial charge in [0.2, 0.25) is 0 Å². The number of ketones is 1. The monoisotopic (exact) mass is 278 g/mol. The normalized spacial score (nSPS) is 10.2. The summed E-state index contributed by atoms with van der Waals surface area (Å²) in [6.45, 7) is 0. The molecule has 0 fully saturated rings. The molecule has 5 heteroatoms. The number of carbonyl (C=O) groups is 1. The molecule has 0 heterocycles. The first-order valence-electron chi connectivity index (χ1n) is 5.78. The third-order valence-electron chi connectivity index (χ3n) is 2.78. The molecule has 0 radical (unpaired) electrons. The maximum Gasteiger partial charge on any atom is 0.196 e. The molecule has 2 aromatic rings. The molecule has 0 aliphatic rings. The van der Waals surface area contributed by atoms with E-state index in [2.05, 4.69) is 0 Å². The number of methoxy groups -OCH3 is 2. The van der Waals surface area contributed by atoms with Crippen molar-refractivity contribution in [2.75, 3.05) is 14.2 Å². The number of halogens is 2. The van der Waals surface area contributed by atoms with Crippen LogP contribution < -0.4 is 9.47 Å². The standard InChI is InChI=1S/C15H12F2O3/c1-19-12-3-4-13(14(8-12)20-2)15(18)9-5-10(16)7-11(17)6-9/h3-8H,1-2H3. The summed E-state index contributed by atoms with van der Waals surface area (Å²) in [7, 11) is 2.88. The molecule has 0 N–H and O–H groups in total. The van der Waals surface area contributed by atoms with Crippen molar-refractivity contribution >= 4 is 5.78 Å². The number of rotatable bonds is 4. The van der Waals surface area contributed by atoms with E-state index in [0.717, 1.165) is 12.1 Å². The summed E-state index contributed by atoms with van der Waals surface area (Å²) in [6, 6.07) is 7.27. The van der Waals surface area contributed by atoms with E-state index in [0.29, 0.717) is 11.8 Å². The van der Waals surface area contributed by atoms with Crippen LogP contribution in [0.25, 0.3) is 0 Å². The highest BCUT2D eigenvalue weighted by atomic mass is 19.1. The molecule has 2 rings (SSSR count). The zero-order valence-corrected chi connectivity index (χ0v) is 10.9. The van der Waals surface area contributed by atoms with Gasteiger partial charge >= 0.3 is 0 Å². The molecule has 0 bridgehead atoms. The summed E-state index contributed by atoms with van der Waals surface area (Å²) < 4.78 is 36.5. The quantitative estimate of drug-likeness (QED) is 0.806. The van der Waals surface area contributed by atoms with E-state index in [1.165, 1.54) is 26.4 Å². The Morgan fingerprint density at radius 2 is 1.60 bits per heavy atom. The van der Waals surface area contributed by atoms with E-state index in [9.17, 15) is 13.6 Å². The van der Waals surface area contributed by atoms with Crippen LogP contribution in [0.15, 0.2) is 36.4 Å². The number of carbonyl (C=O) groups excluding carboxylic acids is 1. The largest absolute Gasteiger partial charge is 0.497 e. The first-order valence-corrected chi connectivity index (χ1v) is 5.78. The lowest BCUT2D eigenvalue weighted by atomic mass is 10.0. The summed E-state index contributed by atoms with van der Waals surface area (Å²) >= 11 is 0. The minimum absolute atomic E-state index is 0.0778. The van der Waals surface area contributed by atoms with Crippen LogP contribution in [-0.4, -0.2) is 20.0 Å². The second-order valence-electron chi connectivity index (χ2n) is 4.05. The highest BCUT2D eigenvalue weighted by molar-refractivity contribution is 6.10. The Labute approximate surface area is 114 Å². The molecular weight excluding hydrogens is 266 g/mol. The van der Waals surface area contributed by atoms with Crippen molar-refractivity contribution in [2.24, 2.45) is 0 Å². The van der Waals surface area contributed by atoms with Gasteiger partial charge in [0, 0.05) is 17.7 Å². The van der Waals surface area contributed by atoms with Gasteiger partial charge in [-0.05, 0) is 24.3 Å². The van der Waals surface area contributed by atoms with Gasteiger partial charge in [-0.15, -0.1) is 0 Å². The molecule has 20 heavy (non-hydrogen) atoms. The Balaban J connectivity index is 2.47. The Bertz CT molecular complexity index is 633. The second kappa shape index (κ2) is 5.69. The van der Waals surface area contributed by atoms with Gasteiger partial charge in [0.15, 0.2) is 5.78 Å². The van der Waals surface area contributed by atoms with Crippen LogP contribution in [0, 0.1) is 11.6 Å². The van der Waals surface area contributed by atoms with Crippen LogP contribution in [0.5, 0.6) is 11.5 Å². The van der Waals surface area contributed by atoms with Crippen molar-refractivity contribution in [3.05, 3.63) is 59.2 Å². The van der Waals surface area contributed by atoms with Gasteiger partial charge in [-0.2, -0.15) is 0 Å². The predicted molar refractivity (Wildman–Crippen MR) is 69.3 cm³/mol. The zero-order valence-electron chi connectivity index (χ0n) is 10.9. The minimum atomic E-state index is -0.805. The zero-order chi connectivity index (χ0) is 14.7. The molecule has 0 atom stereocenters. The van der Waals surface area contributed by atoms with E-state index >= 15 is 0 Å². The molecule has 104 valence electrons. The van der Waals surface area contributed by atoms with E-state index in [4.69, 9.17) is 9.47 Å². The first-order chi connectivity index (χ1) is 9.55. The van der Waals surface area contributed by atoms with Gasteiger partial charge in [0.1, 0.15) is 23.1 Å². The van der Waals surface area contributed by atoms with Crippen LogP contribution in [0.1, 0.15) is 15.9 Å². The summed E-state index contributed by atoms with van der Waals surface area (Å²) in [5.74, 6) is -1.34. The molecular formula is C15H12F2O3. The Morgan fingerprint density at radius 1 is 0.950 bits per heavy atom. The molecule has 0 spiro atoms. The molecule has 0 aromatic heterocycles. The fourth-order valence-electron chi connectivity index (χ4n) is 1.83. The molecule has 0 amide bonds. The summed E-state index contributed by atoms with van der Waals surface area (Å²) in [5.41, 5.74) is 0.129. The van der Waals surface area contributed by atoms with Gasteiger partial charge in [-0.25, -0.2) is 8.78 Å². The summed E-state index contributed by atoms with van der Waals surface area (Å²) in [5, 5.41) is 0. The molecule has 0 saturated carbocycles. The molecule has 0 saturated heterocycles. The van der Waals surface area contributed by atoms with Gasteiger partial charge < -0.3 is 9.47 Å². The van der Waals surface area contributed by atoms with Gasteiger partial charge in [0.25, 0.3) is 0 Å². The Kier molecular flexibility index (Phi) is 3.98. The van der Waals surface area contributed by atoms with Crippen molar-refractivity contribution in [1.29, 1.82) is 0 Å². The fourth-order valence-corrected chi connectivity index (χ4v) is 1.83. The lowest BCUT2D eigenvalue weighted by molar-refractivity contribution is 0.103. The van der Waals surface area contributed by atoms with Crippen molar-refractivity contribution in [2.45, 2.75) is 0 Å². The topological polar surface area (TPSA) is 35.5 Å². The molecule has 0 aliphatic heterocycles. The number of ether oxygens (including phenoxy) is 2. The molecule has 2 aromatic carbocycles. The summed E-state index contributed by atoms with van der Waals surface area (Å²) in [4.78, 5) is 12.3. The van der Waals surface area contributed by atoms with Crippen molar-refractivity contribution in [3.63, 3.8) is 0 Å². The average molecular weight is 278 g/mol. The van der Waals surface area contributed by atoms with Crippen LogP contribution in [0.2, 0.25) is 0 Å². The fraction of sp³-hybridized carbons (Fsp3) is 0.133. The van der Waals surface area contributed by atoms with Crippen LogP contribution in [-0.2, 0) is 0 Å². The highest BCUT2D eigenvalue weighted by Crippen LogP contribution is 2.27. The Hall–Kier alpha value is -2.43. The van der Waals surface area contributed by atoms with E-state index in [1.807, 2.05) is 0 Å².